The third-order valence-electron chi connectivity index (χ3n) is 2.37. The van der Waals surface area contributed by atoms with Crippen LogP contribution >= 0.6 is 0 Å². The first-order valence-corrected chi connectivity index (χ1v) is 3.29. The predicted octanol–water partition coefficient (Wildman–Crippen LogP) is 0.793. The van der Waals surface area contributed by atoms with Crippen LogP contribution in [0.4, 0.5) is 0 Å². The number of hydroxylamine groups is 3. The molecule has 0 radical (unpaired) electrons. The molecular formula is C6H13N2O2-. The lowest BCUT2D eigenvalue weighted by atomic mass is 9.84. The van der Waals surface area contributed by atoms with Crippen LogP contribution in [0.3, 0.4) is 0 Å². The smallest absolute Gasteiger partial charge is 0.0585 e. The van der Waals surface area contributed by atoms with Crippen LogP contribution in [0.5, 0.6) is 0 Å². The van der Waals surface area contributed by atoms with Gasteiger partial charge in [0, 0.05) is 5.54 Å². The van der Waals surface area contributed by atoms with Crippen molar-refractivity contribution >= 4 is 0 Å². The number of nitrogens with zero attached hydrogens (tertiary/aromatic N) is 1. The van der Waals surface area contributed by atoms with Gasteiger partial charge < -0.3 is 5.21 Å². The summed E-state index contributed by atoms with van der Waals surface area (Å²) >= 11 is 0. The van der Waals surface area contributed by atoms with E-state index < -0.39 is 5.54 Å². The third kappa shape index (κ3) is 0.845. The fraction of sp³-hybridized carbons (Fsp3) is 1.00. The second-order valence-electron chi connectivity index (χ2n) is 3.63. The zero-order chi connectivity index (χ0) is 7.99. The maximum atomic E-state index is 10.9. The molecule has 0 aliphatic carbocycles. The molecule has 1 heterocycles. The molecule has 0 unspecified atom stereocenters. The Morgan fingerprint density at radius 3 is 1.90 bits per heavy atom. The minimum absolute atomic E-state index is 0.297. The van der Waals surface area contributed by atoms with Crippen LogP contribution in [0.25, 0.3) is 0 Å². The van der Waals surface area contributed by atoms with Crippen LogP contribution in [-0.4, -0.2) is 16.3 Å². The normalized spacial score (nSPS) is 30.9. The number of hydrogen-bond acceptors (Lipinski definition) is 4. The Labute approximate surface area is 60.6 Å². The molecule has 0 aromatic heterocycles. The first-order chi connectivity index (χ1) is 4.38. The van der Waals surface area contributed by atoms with Gasteiger partial charge in [0.05, 0.1) is 5.54 Å². The molecule has 1 aliphatic rings. The van der Waals surface area contributed by atoms with Crippen molar-refractivity contribution in [2.24, 2.45) is 0 Å². The van der Waals surface area contributed by atoms with Crippen molar-refractivity contribution < 1.29 is 4.94 Å². The van der Waals surface area contributed by atoms with Crippen molar-refractivity contribution in [1.29, 1.82) is 0 Å². The van der Waals surface area contributed by atoms with E-state index in [9.17, 15) is 5.21 Å². The van der Waals surface area contributed by atoms with Gasteiger partial charge in [-0.05, 0) is 27.7 Å². The molecule has 0 bridgehead atoms. The van der Waals surface area contributed by atoms with Crippen molar-refractivity contribution in [1.82, 2.24) is 10.7 Å². The molecule has 4 nitrogen and oxygen atoms in total. The molecule has 0 saturated carbocycles. The molecule has 0 atom stereocenters. The van der Waals surface area contributed by atoms with Crippen LogP contribution in [-0.2, 0) is 4.94 Å². The molecule has 1 N–H and O–H groups in total. The Hall–Kier alpha value is -0.160. The van der Waals surface area contributed by atoms with E-state index >= 15 is 0 Å². The summed E-state index contributed by atoms with van der Waals surface area (Å²) in [6.07, 6.45) is 0. The van der Waals surface area contributed by atoms with Crippen molar-refractivity contribution in [3.05, 3.63) is 5.21 Å². The quantitative estimate of drug-likeness (QED) is 0.547. The molecular weight excluding hydrogens is 132 g/mol. The predicted molar refractivity (Wildman–Crippen MR) is 37.6 cm³/mol. The molecule has 60 valence electrons. The molecule has 10 heavy (non-hydrogen) atoms. The van der Waals surface area contributed by atoms with E-state index in [1.165, 1.54) is 0 Å². The van der Waals surface area contributed by atoms with Gasteiger partial charge in [0.1, 0.15) is 0 Å². The monoisotopic (exact) mass is 145 g/mol. The number of hydrogen-bond donors (Lipinski definition) is 1. The minimum atomic E-state index is -0.507. The summed E-state index contributed by atoms with van der Waals surface area (Å²) in [7, 11) is 0. The average molecular weight is 145 g/mol. The molecule has 1 fully saturated rings. The van der Waals surface area contributed by atoms with Crippen LogP contribution in [0, 0.1) is 5.21 Å². The second kappa shape index (κ2) is 1.92. The standard InChI is InChI=1S/C6H13N2O2/c1-5(2)6(3,4)8(9)10-7-5/h7H,1-4H3/q-1. The fourth-order valence-electron chi connectivity index (χ4n) is 0.623. The van der Waals surface area contributed by atoms with Crippen LogP contribution < -0.4 is 5.48 Å². The maximum Gasteiger partial charge on any atom is 0.0585 e. The lowest BCUT2D eigenvalue weighted by molar-refractivity contribution is -0.153. The lowest BCUT2D eigenvalue weighted by Crippen LogP contribution is -2.51. The summed E-state index contributed by atoms with van der Waals surface area (Å²) < 4.78 is 0. The summed E-state index contributed by atoms with van der Waals surface area (Å²) in [6, 6.07) is 0. The SMILES string of the molecule is CC1(C)NON([O-])C1(C)C. The summed E-state index contributed by atoms with van der Waals surface area (Å²) in [4.78, 5) is 4.61. The largest absolute Gasteiger partial charge is 0.760 e. The van der Waals surface area contributed by atoms with Gasteiger partial charge >= 0.3 is 0 Å². The Morgan fingerprint density at radius 2 is 1.80 bits per heavy atom. The van der Waals surface area contributed by atoms with E-state index in [4.69, 9.17) is 0 Å². The summed E-state index contributed by atoms with van der Waals surface area (Å²) in [5, 5.41) is 11.5. The Morgan fingerprint density at radius 1 is 1.30 bits per heavy atom. The van der Waals surface area contributed by atoms with E-state index in [1.807, 2.05) is 27.7 Å². The average Bonchev–Trinajstić information content (AvgIpc) is 1.94. The van der Waals surface area contributed by atoms with Crippen molar-refractivity contribution in [2.45, 2.75) is 38.8 Å². The second-order valence-corrected chi connectivity index (χ2v) is 3.63. The highest BCUT2D eigenvalue weighted by molar-refractivity contribution is 5.00. The van der Waals surface area contributed by atoms with Crippen molar-refractivity contribution in [3.63, 3.8) is 0 Å². The van der Waals surface area contributed by atoms with Gasteiger partial charge in [-0.15, -0.1) is 0 Å². The highest BCUT2D eigenvalue weighted by Crippen LogP contribution is 2.32. The third-order valence-corrected chi connectivity index (χ3v) is 2.37. The Bertz CT molecular complexity index is 145. The molecule has 0 amide bonds. The molecule has 4 heteroatoms. The Balaban J connectivity index is 2.84. The van der Waals surface area contributed by atoms with Crippen LogP contribution in [0.15, 0.2) is 0 Å². The minimum Gasteiger partial charge on any atom is -0.760 e. The van der Waals surface area contributed by atoms with Gasteiger partial charge in [-0.1, -0.05) is 0 Å². The number of nitrogens with one attached hydrogen (secondary N) is 1. The van der Waals surface area contributed by atoms with Gasteiger partial charge in [-0.25, -0.2) is 10.2 Å². The van der Waals surface area contributed by atoms with Gasteiger partial charge in [0.25, 0.3) is 0 Å². The van der Waals surface area contributed by atoms with Gasteiger partial charge in [0.2, 0.25) is 0 Å². The van der Waals surface area contributed by atoms with E-state index in [1.54, 1.807) is 0 Å². The Kier molecular flexibility index (Phi) is 1.52. The van der Waals surface area contributed by atoms with Gasteiger partial charge in [-0.2, -0.15) is 5.48 Å². The van der Waals surface area contributed by atoms with Crippen molar-refractivity contribution in [3.8, 4) is 0 Å². The topological polar surface area (TPSA) is 47.6 Å². The van der Waals surface area contributed by atoms with Gasteiger partial charge in [0.15, 0.2) is 0 Å². The summed E-state index contributed by atoms with van der Waals surface area (Å²) in [6.45, 7) is 7.51. The van der Waals surface area contributed by atoms with Crippen LogP contribution in [0.1, 0.15) is 27.7 Å². The zero-order valence-corrected chi connectivity index (χ0v) is 6.76. The van der Waals surface area contributed by atoms with Crippen molar-refractivity contribution in [2.75, 3.05) is 0 Å². The molecule has 1 aliphatic heterocycles. The molecule has 0 aromatic rings. The molecule has 0 aromatic carbocycles. The number of rotatable bonds is 0. The van der Waals surface area contributed by atoms with Crippen LogP contribution in [0.2, 0.25) is 0 Å². The maximum absolute atomic E-state index is 10.9. The fourth-order valence-corrected chi connectivity index (χ4v) is 0.623. The summed E-state index contributed by atoms with van der Waals surface area (Å²) in [5.41, 5.74) is 1.85. The highest BCUT2D eigenvalue weighted by atomic mass is 17.0. The van der Waals surface area contributed by atoms with E-state index in [0.29, 0.717) is 5.23 Å². The first-order valence-electron chi connectivity index (χ1n) is 3.29. The first kappa shape index (κ1) is 7.94. The lowest BCUT2D eigenvalue weighted by Gasteiger charge is -2.39. The zero-order valence-electron chi connectivity index (χ0n) is 6.76. The summed E-state index contributed by atoms with van der Waals surface area (Å²) in [5.74, 6) is 0. The van der Waals surface area contributed by atoms with E-state index in [2.05, 4.69) is 10.4 Å². The van der Waals surface area contributed by atoms with E-state index in [0.717, 1.165) is 0 Å². The van der Waals surface area contributed by atoms with Gasteiger partial charge in [-0.3, -0.25) is 0 Å². The van der Waals surface area contributed by atoms with E-state index in [-0.39, 0.29) is 5.54 Å². The molecule has 0 spiro atoms. The molecule has 1 rings (SSSR count). The molecule has 1 saturated heterocycles. The highest BCUT2D eigenvalue weighted by Gasteiger charge is 2.44.